The molecule has 3 N–H and O–H groups in total. The smallest absolute Gasteiger partial charge is 0.184 e. The molecule has 0 radical (unpaired) electrons. The highest BCUT2D eigenvalue weighted by Crippen LogP contribution is 2.40. The zero-order valence-electron chi connectivity index (χ0n) is 18.8. The number of hydrogen-bond donors (Lipinski definition) is 2. The summed E-state index contributed by atoms with van der Waals surface area (Å²) in [6.07, 6.45) is 2.57. The number of aliphatic hydroxyl groups excluding tert-OH is 1. The Bertz CT molecular complexity index is 1550. The van der Waals surface area contributed by atoms with Crippen LogP contribution in [0.2, 0.25) is 0 Å². The van der Waals surface area contributed by atoms with Gasteiger partial charge in [0.1, 0.15) is 5.52 Å². The Morgan fingerprint density at radius 2 is 1.71 bits per heavy atom. The van der Waals surface area contributed by atoms with Crippen molar-refractivity contribution in [2.24, 2.45) is 5.73 Å². The number of fused-ring (bicyclic) bond motifs is 3. The molecule has 7 nitrogen and oxygen atoms in total. The molecule has 6 rings (SSSR count). The fourth-order valence-corrected chi connectivity index (χ4v) is 4.61. The van der Waals surface area contributed by atoms with E-state index in [0.717, 1.165) is 39.3 Å². The van der Waals surface area contributed by atoms with Crippen molar-refractivity contribution in [1.82, 2.24) is 24.6 Å². The van der Waals surface area contributed by atoms with Crippen LogP contribution in [0.25, 0.3) is 44.9 Å². The molecular weight excluding hydrogens is 424 g/mol. The lowest BCUT2D eigenvalue weighted by Crippen LogP contribution is -2.51. The number of allylic oxidation sites excluding steroid dienone is 1. The van der Waals surface area contributed by atoms with E-state index in [1.165, 1.54) is 0 Å². The molecule has 168 valence electrons. The van der Waals surface area contributed by atoms with Crippen molar-refractivity contribution < 1.29 is 5.11 Å². The number of rotatable bonds is 4. The molecule has 2 aromatic carbocycles. The number of nitrogens with zero attached hydrogens (tertiary/aromatic N) is 5. The molecule has 0 amide bonds. The van der Waals surface area contributed by atoms with Gasteiger partial charge in [-0.15, -0.1) is 0 Å². The number of aliphatic hydroxyl groups is 1. The van der Waals surface area contributed by atoms with Gasteiger partial charge >= 0.3 is 0 Å². The van der Waals surface area contributed by atoms with E-state index < -0.39 is 5.54 Å². The minimum Gasteiger partial charge on any atom is -0.393 e. The van der Waals surface area contributed by atoms with Crippen molar-refractivity contribution in [1.29, 1.82) is 0 Å². The van der Waals surface area contributed by atoms with Gasteiger partial charge in [0.15, 0.2) is 11.3 Å². The first-order chi connectivity index (χ1) is 16.4. The largest absolute Gasteiger partial charge is 0.393 e. The summed E-state index contributed by atoms with van der Waals surface area (Å²) < 4.78 is 1.73. The fraction of sp³-hybridized carbons (Fsp3) is 0.185. The van der Waals surface area contributed by atoms with Gasteiger partial charge in [-0.25, -0.2) is 15.0 Å². The molecule has 1 fully saturated rings. The van der Waals surface area contributed by atoms with Crippen molar-refractivity contribution in [2.45, 2.75) is 31.4 Å². The minimum absolute atomic E-state index is 0.324. The van der Waals surface area contributed by atoms with Gasteiger partial charge in [-0.05, 0) is 30.9 Å². The highest BCUT2D eigenvalue weighted by molar-refractivity contribution is 5.85. The Morgan fingerprint density at radius 1 is 1.03 bits per heavy atom. The molecule has 3 heterocycles. The van der Waals surface area contributed by atoms with Crippen LogP contribution in [0.4, 0.5) is 0 Å². The molecule has 0 saturated heterocycles. The summed E-state index contributed by atoms with van der Waals surface area (Å²) >= 11 is 0. The van der Waals surface area contributed by atoms with E-state index in [9.17, 15) is 5.11 Å². The van der Waals surface area contributed by atoms with Gasteiger partial charge in [-0.3, -0.25) is 0 Å². The van der Waals surface area contributed by atoms with E-state index in [1.54, 1.807) is 10.7 Å². The fourth-order valence-electron chi connectivity index (χ4n) is 4.61. The molecule has 0 atom stereocenters. The maximum absolute atomic E-state index is 9.75. The van der Waals surface area contributed by atoms with Crippen LogP contribution in [-0.2, 0) is 5.54 Å². The molecule has 0 unspecified atom stereocenters. The predicted octanol–water partition coefficient (Wildman–Crippen LogP) is 4.35. The molecule has 1 aliphatic rings. The zero-order valence-corrected chi connectivity index (χ0v) is 18.8. The summed E-state index contributed by atoms with van der Waals surface area (Å²) in [5.74, 6) is 0. The van der Waals surface area contributed by atoms with Gasteiger partial charge in [-0.1, -0.05) is 61.2 Å². The molecule has 0 aliphatic heterocycles. The Balaban J connectivity index is 1.56. The first-order valence-electron chi connectivity index (χ1n) is 11.3. The monoisotopic (exact) mass is 448 g/mol. The topological polar surface area (TPSA) is 102 Å². The van der Waals surface area contributed by atoms with Gasteiger partial charge < -0.3 is 10.8 Å². The lowest BCUT2D eigenvalue weighted by Gasteiger charge is -2.42. The van der Waals surface area contributed by atoms with Crippen LogP contribution in [0.1, 0.15) is 31.0 Å². The Hall–Kier alpha value is -3.94. The second kappa shape index (κ2) is 7.55. The van der Waals surface area contributed by atoms with Crippen molar-refractivity contribution in [3.05, 3.63) is 84.7 Å². The molecular formula is C27H24N6O. The third kappa shape index (κ3) is 3.29. The molecule has 1 saturated carbocycles. The summed E-state index contributed by atoms with van der Waals surface area (Å²) in [5.41, 5.74) is 14.1. The second-order valence-corrected chi connectivity index (χ2v) is 9.13. The summed E-state index contributed by atoms with van der Waals surface area (Å²) in [4.78, 5) is 14.6. The van der Waals surface area contributed by atoms with E-state index in [2.05, 4.69) is 16.7 Å². The van der Waals surface area contributed by atoms with Gasteiger partial charge in [0, 0.05) is 22.7 Å². The molecule has 5 aromatic rings. The van der Waals surface area contributed by atoms with E-state index in [-0.39, 0.29) is 6.10 Å². The molecule has 7 heteroatoms. The number of benzene rings is 2. The summed E-state index contributed by atoms with van der Waals surface area (Å²) in [6.45, 7) is 5.92. The summed E-state index contributed by atoms with van der Waals surface area (Å²) in [5, 5.41) is 14.4. The van der Waals surface area contributed by atoms with Crippen LogP contribution >= 0.6 is 0 Å². The average Bonchev–Trinajstić information content (AvgIpc) is 3.28. The van der Waals surface area contributed by atoms with Crippen molar-refractivity contribution >= 4 is 22.4 Å². The Morgan fingerprint density at radius 3 is 2.38 bits per heavy atom. The van der Waals surface area contributed by atoms with Gasteiger partial charge in [0.25, 0.3) is 0 Å². The molecule has 0 spiro atoms. The predicted molar refractivity (Wildman–Crippen MR) is 133 cm³/mol. The molecule has 34 heavy (non-hydrogen) atoms. The third-order valence-corrected chi connectivity index (χ3v) is 6.53. The highest BCUT2D eigenvalue weighted by Gasteiger charge is 2.41. The maximum Gasteiger partial charge on any atom is 0.184 e. The molecule has 1 aliphatic carbocycles. The molecule has 3 aromatic heterocycles. The van der Waals surface area contributed by atoms with Gasteiger partial charge in [0.05, 0.1) is 29.4 Å². The van der Waals surface area contributed by atoms with Crippen LogP contribution in [0, 0.1) is 0 Å². The first-order valence-corrected chi connectivity index (χ1v) is 11.3. The quantitative estimate of drug-likeness (QED) is 0.424. The van der Waals surface area contributed by atoms with E-state index >= 15 is 0 Å². The number of nitrogens with two attached hydrogens (primary N) is 1. The lowest BCUT2D eigenvalue weighted by atomic mass is 9.70. The van der Waals surface area contributed by atoms with E-state index in [1.807, 2.05) is 67.6 Å². The van der Waals surface area contributed by atoms with Gasteiger partial charge in [-0.2, -0.15) is 9.61 Å². The zero-order chi connectivity index (χ0) is 23.4. The Labute approximate surface area is 196 Å². The normalized spacial score (nSPS) is 19.9. The van der Waals surface area contributed by atoms with Crippen LogP contribution in [0.15, 0.2) is 73.4 Å². The number of hydrogen-bond acceptors (Lipinski definition) is 6. The standard InChI is InChI=1S/C27H24N6O/c1-16(2)21-12-23-29-15-22-26(33(23)32-21)31-25(24(30-22)17-6-4-3-5-7-17)18-8-10-19(11-9-18)27(28)13-20(34)14-27/h3-12,15,20,34H,1,13-14,28H2,2H3. The SMILES string of the molecule is C=C(C)c1cc2ncc3nc(-c4ccccc4)c(-c4ccc(C5(N)CC(O)C5)cc4)nc3n2n1. The second-order valence-electron chi connectivity index (χ2n) is 9.13. The first kappa shape index (κ1) is 20.7. The number of aromatic nitrogens is 5. The van der Waals surface area contributed by atoms with Crippen LogP contribution in [0.5, 0.6) is 0 Å². The van der Waals surface area contributed by atoms with Crippen LogP contribution in [0.3, 0.4) is 0 Å². The Kier molecular flexibility index (Phi) is 4.58. The molecule has 0 bridgehead atoms. The van der Waals surface area contributed by atoms with Crippen LogP contribution < -0.4 is 5.73 Å². The lowest BCUT2D eigenvalue weighted by molar-refractivity contribution is 0.0209. The van der Waals surface area contributed by atoms with Crippen molar-refractivity contribution in [3.8, 4) is 22.5 Å². The minimum atomic E-state index is -0.471. The van der Waals surface area contributed by atoms with E-state index in [0.29, 0.717) is 29.7 Å². The van der Waals surface area contributed by atoms with Crippen molar-refractivity contribution in [2.75, 3.05) is 0 Å². The third-order valence-electron chi connectivity index (χ3n) is 6.53. The average molecular weight is 449 g/mol. The van der Waals surface area contributed by atoms with Crippen molar-refractivity contribution in [3.63, 3.8) is 0 Å². The maximum atomic E-state index is 9.75. The summed E-state index contributed by atoms with van der Waals surface area (Å²) in [6, 6.07) is 20.0. The van der Waals surface area contributed by atoms with E-state index in [4.69, 9.17) is 15.7 Å². The summed E-state index contributed by atoms with van der Waals surface area (Å²) in [7, 11) is 0. The highest BCUT2D eigenvalue weighted by atomic mass is 16.3. The van der Waals surface area contributed by atoms with Crippen LogP contribution in [-0.4, -0.2) is 35.8 Å². The van der Waals surface area contributed by atoms with Gasteiger partial charge in [0.2, 0.25) is 0 Å².